The molecule has 0 spiro atoms. The lowest BCUT2D eigenvalue weighted by molar-refractivity contribution is 0.208. The van der Waals surface area contributed by atoms with E-state index in [0.29, 0.717) is 5.41 Å². The Balaban J connectivity index is 2.27. The smallest absolute Gasteiger partial charge is 0.0292 e. The van der Waals surface area contributed by atoms with E-state index in [2.05, 4.69) is 19.2 Å². The van der Waals surface area contributed by atoms with Crippen molar-refractivity contribution in [3.63, 3.8) is 0 Å². The second-order valence-corrected chi connectivity index (χ2v) is 5.77. The van der Waals surface area contributed by atoms with E-state index in [-0.39, 0.29) is 0 Å². The van der Waals surface area contributed by atoms with Gasteiger partial charge >= 0.3 is 0 Å². The Bertz CT molecular complexity index is 172. The van der Waals surface area contributed by atoms with Crippen LogP contribution in [0.25, 0.3) is 0 Å². The Labute approximate surface area is 106 Å². The van der Waals surface area contributed by atoms with E-state index in [1.807, 2.05) is 0 Å². The van der Waals surface area contributed by atoms with Crippen LogP contribution in [0.5, 0.6) is 0 Å². The predicted octanol–water partition coefficient (Wildman–Crippen LogP) is 4.20. The van der Waals surface area contributed by atoms with Crippen LogP contribution in [0.2, 0.25) is 0 Å². The largest absolute Gasteiger partial charge is 0.316 e. The van der Waals surface area contributed by atoms with Crippen molar-refractivity contribution in [1.29, 1.82) is 0 Å². The van der Waals surface area contributed by atoms with E-state index in [0.717, 1.165) is 18.3 Å². The summed E-state index contributed by atoms with van der Waals surface area (Å²) in [7, 11) is 0. The van der Waals surface area contributed by atoms with Crippen LogP contribution in [0.15, 0.2) is 0 Å². The quantitative estimate of drug-likeness (QED) is 0.663. The number of alkyl halides is 1. The summed E-state index contributed by atoms with van der Waals surface area (Å²) in [6.45, 7) is 6.88. The van der Waals surface area contributed by atoms with Gasteiger partial charge in [-0.25, -0.2) is 0 Å². The van der Waals surface area contributed by atoms with Crippen molar-refractivity contribution < 1.29 is 0 Å². The van der Waals surface area contributed by atoms with Crippen LogP contribution in [-0.2, 0) is 0 Å². The Kier molecular flexibility index (Phi) is 6.75. The Hall–Kier alpha value is 0.250. The Morgan fingerprint density at radius 3 is 2.25 bits per heavy atom. The number of rotatable bonds is 7. The highest BCUT2D eigenvalue weighted by Gasteiger charge is 2.30. The molecule has 0 saturated heterocycles. The topological polar surface area (TPSA) is 12.0 Å². The van der Waals surface area contributed by atoms with Crippen molar-refractivity contribution in [1.82, 2.24) is 5.32 Å². The summed E-state index contributed by atoms with van der Waals surface area (Å²) >= 11 is 6.18. The van der Waals surface area contributed by atoms with Gasteiger partial charge in [0, 0.05) is 12.4 Å². The number of hydrogen-bond donors (Lipinski definition) is 1. The van der Waals surface area contributed by atoms with Crippen LogP contribution < -0.4 is 5.32 Å². The zero-order chi connectivity index (χ0) is 11.9. The summed E-state index contributed by atoms with van der Waals surface area (Å²) in [5, 5.41) is 3.66. The molecule has 1 nitrogen and oxygen atoms in total. The standard InChI is InChI=1S/C14H28ClN/c1-3-13(4-2)10-16-12-14(11-15)8-6-5-7-9-14/h13,16H,3-12H2,1-2H3. The summed E-state index contributed by atoms with van der Waals surface area (Å²) in [5.74, 6) is 1.68. The molecule has 1 fully saturated rings. The van der Waals surface area contributed by atoms with Crippen LogP contribution in [0.1, 0.15) is 58.8 Å². The lowest BCUT2D eigenvalue weighted by Crippen LogP contribution is -2.39. The van der Waals surface area contributed by atoms with Crippen LogP contribution in [-0.4, -0.2) is 19.0 Å². The van der Waals surface area contributed by atoms with Gasteiger partial charge in [0.2, 0.25) is 0 Å². The van der Waals surface area contributed by atoms with Gasteiger partial charge in [-0.2, -0.15) is 0 Å². The number of hydrogen-bond acceptors (Lipinski definition) is 1. The zero-order valence-electron chi connectivity index (χ0n) is 11.0. The van der Waals surface area contributed by atoms with Crippen LogP contribution in [0, 0.1) is 11.3 Å². The van der Waals surface area contributed by atoms with Crippen molar-refractivity contribution in [3.8, 4) is 0 Å². The van der Waals surface area contributed by atoms with Crippen molar-refractivity contribution in [2.24, 2.45) is 11.3 Å². The maximum absolute atomic E-state index is 6.18. The minimum atomic E-state index is 0.409. The van der Waals surface area contributed by atoms with E-state index in [1.165, 1.54) is 51.5 Å². The SMILES string of the molecule is CCC(CC)CNCC1(CCl)CCCCC1. The average molecular weight is 246 g/mol. The van der Waals surface area contributed by atoms with Crippen molar-refractivity contribution >= 4 is 11.6 Å². The van der Waals surface area contributed by atoms with Gasteiger partial charge < -0.3 is 5.32 Å². The molecule has 0 aliphatic heterocycles. The van der Waals surface area contributed by atoms with E-state index in [4.69, 9.17) is 11.6 Å². The molecule has 0 radical (unpaired) electrons. The maximum Gasteiger partial charge on any atom is 0.0292 e. The lowest BCUT2D eigenvalue weighted by atomic mass is 9.75. The molecule has 16 heavy (non-hydrogen) atoms. The fraction of sp³-hybridized carbons (Fsp3) is 1.00. The predicted molar refractivity (Wildman–Crippen MR) is 73.2 cm³/mol. The third-order valence-electron chi connectivity index (χ3n) is 4.29. The van der Waals surface area contributed by atoms with Crippen molar-refractivity contribution in [2.75, 3.05) is 19.0 Å². The van der Waals surface area contributed by atoms with Gasteiger partial charge in [0.25, 0.3) is 0 Å². The minimum absolute atomic E-state index is 0.409. The summed E-state index contributed by atoms with van der Waals surface area (Å²) in [6, 6.07) is 0. The monoisotopic (exact) mass is 245 g/mol. The van der Waals surface area contributed by atoms with Crippen LogP contribution in [0.4, 0.5) is 0 Å². The number of nitrogens with one attached hydrogen (secondary N) is 1. The second kappa shape index (κ2) is 7.55. The molecule has 1 N–H and O–H groups in total. The van der Waals surface area contributed by atoms with Gasteiger partial charge in [0.05, 0.1) is 0 Å². The maximum atomic E-state index is 6.18. The van der Waals surface area contributed by atoms with Gasteiger partial charge in [-0.05, 0) is 30.7 Å². The van der Waals surface area contributed by atoms with Gasteiger partial charge in [-0.15, -0.1) is 11.6 Å². The molecule has 0 atom stereocenters. The molecule has 0 aromatic carbocycles. The third-order valence-corrected chi connectivity index (χ3v) is 4.85. The van der Waals surface area contributed by atoms with Gasteiger partial charge in [0.1, 0.15) is 0 Å². The zero-order valence-corrected chi connectivity index (χ0v) is 11.8. The molecule has 0 bridgehead atoms. The average Bonchev–Trinajstić information content (AvgIpc) is 2.36. The van der Waals surface area contributed by atoms with E-state index >= 15 is 0 Å². The van der Waals surface area contributed by atoms with E-state index in [1.54, 1.807) is 0 Å². The second-order valence-electron chi connectivity index (χ2n) is 5.51. The molecule has 96 valence electrons. The fourth-order valence-electron chi connectivity index (χ4n) is 2.78. The van der Waals surface area contributed by atoms with Gasteiger partial charge in [-0.1, -0.05) is 46.0 Å². The van der Waals surface area contributed by atoms with E-state index < -0.39 is 0 Å². The molecule has 2 heteroatoms. The molecule has 0 aromatic heterocycles. The fourth-order valence-corrected chi connectivity index (χ4v) is 3.14. The highest BCUT2D eigenvalue weighted by atomic mass is 35.5. The Morgan fingerprint density at radius 2 is 1.75 bits per heavy atom. The summed E-state index contributed by atoms with van der Waals surface area (Å²) < 4.78 is 0. The molecule has 0 aromatic rings. The molecule has 1 saturated carbocycles. The number of halogens is 1. The van der Waals surface area contributed by atoms with Gasteiger partial charge in [0.15, 0.2) is 0 Å². The first-order chi connectivity index (χ1) is 7.76. The summed E-state index contributed by atoms with van der Waals surface area (Å²) in [6.07, 6.45) is 9.39. The molecular formula is C14H28ClN. The summed E-state index contributed by atoms with van der Waals surface area (Å²) in [4.78, 5) is 0. The van der Waals surface area contributed by atoms with Crippen molar-refractivity contribution in [3.05, 3.63) is 0 Å². The van der Waals surface area contributed by atoms with E-state index in [9.17, 15) is 0 Å². The molecular weight excluding hydrogens is 218 g/mol. The van der Waals surface area contributed by atoms with Crippen molar-refractivity contribution in [2.45, 2.75) is 58.8 Å². The first-order valence-electron chi connectivity index (χ1n) is 7.03. The summed E-state index contributed by atoms with van der Waals surface area (Å²) in [5.41, 5.74) is 0.409. The molecule has 1 aliphatic rings. The first-order valence-corrected chi connectivity index (χ1v) is 7.56. The molecule has 0 amide bonds. The normalized spacial score (nSPS) is 20.2. The minimum Gasteiger partial charge on any atom is -0.316 e. The molecule has 1 aliphatic carbocycles. The third kappa shape index (κ3) is 4.25. The highest BCUT2D eigenvalue weighted by Crippen LogP contribution is 2.36. The van der Waals surface area contributed by atoms with Crippen LogP contribution in [0.3, 0.4) is 0 Å². The molecule has 1 rings (SSSR count). The lowest BCUT2D eigenvalue weighted by Gasteiger charge is -2.36. The van der Waals surface area contributed by atoms with Crippen LogP contribution >= 0.6 is 11.6 Å². The highest BCUT2D eigenvalue weighted by molar-refractivity contribution is 6.18. The molecule has 0 heterocycles. The Morgan fingerprint density at radius 1 is 1.12 bits per heavy atom. The first kappa shape index (κ1) is 14.3. The van der Waals surface area contributed by atoms with Gasteiger partial charge in [-0.3, -0.25) is 0 Å². The molecule has 0 unspecified atom stereocenters.